The van der Waals surface area contributed by atoms with Crippen LogP contribution >= 0.6 is 92.8 Å². The molecule has 498 valence electrons. The number of nitrogen functional groups attached to an aromatic ring is 12. The van der Waals surface area contributed by atoms with Gasteiger partial charge in [-0.05, 0) is 99.5 Å². The molecule has 0 bridgehead atoms. The van der Waals surface area contributed by atoms with Crippen molar-refractivity contribution in [2.24, 2.45) is 0 Å². The zero-order valence-corrected chi connectivity index (χ0v) is 56.7. The number of aromatic nitrogens is 18. The van der Waals surface area contributed by atoms with Crippen LogP contribution in [0.2, 0.25) is 40.2 Å². The van der Waals surface area contributed by atoms with E-state index in [1.807, 2.05) is 76.2 Å². The van der Waals surface area contributed by atoms with Crippen LogP contribution in [0.1, 0.15) is 22.3 Å². The maximum Gasteiger partial charge on any atom is 0.242 e. The van der Waals surface area contributed by atoms with Crippen LogP contribution in [0.3, 0.4) is 0 Å². The summed E-state index contributed by atoms with van der Waals surface area (Å²) in [6, 6.07) is 29.6. The number of aryl methyl sites for hydroxylation is 4. The van der Waals surface area contributed by atoms with E-state index in [9.17, 15) is 4.39 Å². The van der Waals surface area contributed by atoms with Crippen molar-refractivity contribution in [1.82, 2.24) is 91.1 Å². The minimum absolute atomic E-state index is 0.0133. The van der Waals surface area contributed by atoms with Gasteiger partial charge in [-0.15, -0.1) is 61.2 Å². The lowest BCUT2D eigenvalue weighted by Crippen LogP contribution is -2.05. The molecule has 6 heterocycles. The molecule has 0 saturated heterocycles. The van der Waals surface area contributed by atoms with Crippen LogP contribution < -0.4 is 68.8 Å². The first-order chi connectivity index (χ1) is 45.9. The first-order valence-corrected chi connectivity index (χ1v) is 30.1. The second-order valence-electron chi connectivity index (χ2n) is 19.7. The van der Waals surface area contributed by atoms with Crippen molar-refractivity contribution in [3.8, 4) is 67.5 Å². The van der Waals surface area contributed by atoms with Crippen molar-refractivity contribution in [2.45, 2.75) is 27.7 Å². The molecule has 0 radical (unpaired) electrons. The van der Waals surface area contributed by atoms with Gasteiger partial charge in [0.25, 0.3) is 0 Å². The number of hydrogen-bond acceptors (Lipinski definition) is 30. The van der Waals surface area contributed by atoms with E-state index in [0.29, 0.717) is 91.4 Å². The minimum Gasteiger partial charge on any atom is -0.382 e. The summed E-state index contributed by atoms with van der Waals surface area (Å²) in [7, 11) is 0. The Morgan fingerprint density at radius 2 is 0.567 bits per heavy atom. The van der Waals surface area contributed by atoms with E-state index >= 15 is 0 Å². The molecule has 6 aromatic carbocycles. The maximum absolute atomic E-state index is 13.5. The fourth-order valence-corrected chi connectivity index (χ4v) is 9.86. The first-order valence-electron chi connectivity index (χ1n) is 27.1. The third kappa shape index (κ3) is 19.4. The lowest BCUT2D eigenvalue weighted by molar-refractivity contribution is 0.630. The fraction of sp³-hybridized carbons (Fsp3) is 0.0690. The maximum atomic E-state index is 13.5. The zero-order valence-electron chi connectivity index (χ0n) is 50.7. The number of halogens is 9. The van der Waals surface area contributed by atoms with E-state index in [4.69, 9.17) is 162 Å². The molecule has 12 aromatic rings. The van der Waals surface area contributed by atoms with Gasteiger partial charge < -0.3 is 68.8 Å². The van der Waals surface area contributed by atoms with Crippen molar-refractivity contribution in [3.63, 3.8) is 0 Å². The number of benzene rings is 6. The van der Waals surface area contributed by atoms with Gasteiger partial charge in [0, 0.05) is 27.8 Å². The highest BCUT2D eigenvalue weighted by atomic mass is 35.5. The number of nitrogens with two attached hydrogens (primary N) is 12. The molecule has 0 spiro atoms. The Bertz CT molecular complexity index is 4610. The van der Waals surface area contributed by atoms with Crippen LogP contribution in [-0.2, 0) is 0 Å². The smallest absolute Gasteiger partial charge is 0.242 e. The molecule has 0 aliphatic rings. The Hall–Kier alpha value is -10.8. The number of hydrogen-bond donors (Lipinski definition) is 12. The molecule has 6 aromatic heterocycles. The molecule has 24 N–H and O–H groups in total. The summed E-state index contributed by atoms with van der Waals surface area (Å²) in [5.41, 5.74) is 75.9. The van der Waals surface area contributed by atoms with Crippen molar-refractivity contribution in [3.05, 3.63) is 171 Å². The Labute approximate surface area is 590 Å². The SMILES string of the molecule is Cc1cc(Cl)c(Cl)c(-c2nnc(N)nc2N)c1.Cc1ccc(-c2nnc(N)nc2N)c(Cl)c1.Cc1ccc(Cl)c(-c2nnc(N)nc2N)c1.Cc1ccc(Cl)c(-c2nnc(N)nc2N)c1.Nc1nnc(-c2c(F)cccc2Cl)c(N)n1.Nc1nnc(-c2cccc(Cl)c2Cl)c(N)n1. The van der Waals surface area contributed by atoms with E-state index < -0.39 is 5.82 Å². The summed E-state index contributed by atoms with van der Waals surface area (Å²) >= 11 is 48.1. The van der Waals surface area contributed by atoms with E-state index in [0.717, 1.165) is 22.3 Å². The Balaban J connectivity index is 0.000000164. The van der Waals surface area contributed by atoms with Crippen LogP contribution in [-0.4, -0.2) is 91.1 Å². The Morgan fingerprint density at radius 3 is 0.959 bits per heavy atom. The average molecular weight is 1470 g/mol. The summed E-state index contributed by atoms with van der Waals surface area (Å²) in [5.74, 6) is 0.532. The van der Waals surface area contributed by atoms with Gasteiger partial charge in [-0.25, -0.2) is 4.39 Å². The quantitative estimate of drug-likeness (QED) is 0.0736. The monoisotopic (exact) mass is 1470 g/mol. The van der Waals surface area contributed by atoms with Gasteiger partial charge in [0.15, 0.2) is 34.9 Å². The van der Waals surface area contributed by atoms with Crippen molar-refractivity contribution in [1.29, 1.82) is 0 Å². The Morgan fingerprint density at radius 1 is 0.258 bits per heavy atom. The van der Waals surface area contributed by atoms with Crippen molar-refractivity contribution >= 4 is 163 Å². The van der Waals surface area contributed by atoms with Crippen LogP contribution in [0.4, 0.5) is 75.0 Å². The van der Waals surface area contributed by atoms with Crippen LogP contribution in [0.15, 0.2) is 103 Å². The van der Waals surface area contributed by atoms with Crippen molar-refractivity contribution in [2.75, 3.05) is 68.8 Å². The summed E-state index contributed by atoms with van der Waals surface area (Å²) < 4.78 is 13.5. The lowest BCUT2D eigenvalue weighted by atomic mass is 10.1. The molecule has 30 nitrogen and oxygen atoms in total. The number of anilines is 12. The first kappa shape index (κ1) is 73.6. The average Bonchev–Trinajstić information content (AvgIpc) is 0.860. The van der Waals surface area contributed by atoms with Gasteiger partial charge in [0.05, 0.1) is 45.7 Å². The highest BCUT2D eigenvalue weighted by molar-refractivity contribution is 6.44. The summed E-state index contributed by atoms with van der Waals surface area (Å²) in [4.78, 5) is 22.8. The van der Waals surface area contributed by atoms with Gasteiger partial charge in [0.2, 0.25) is 35.7 Å². The molecular weight excluding hydrogens is 1420 g/mol. The second-order valence-corrected chi connectivity index (χ2v) is 22.9. The molecule has 0 aliphatic heterocycles. The third-order valence-electron chi connectivity index (χ3n) is 12.3. The van der Waals surface area contributed by atoms with Crippen LogP contribution in [0, 0.1) is 33.5 Å². The van der Waals surface area contributed by atoms with E-state index in [-0.39, 0.29) is 86.9 Å². The normalized spacial score (nSPS) is 10.4. The minimum atomic E-state index is -0.542. The predicted molar refractivity (Wildman–Crippen MR) is 384 cm³/mol. The van der Waals surface area contributed by atoms with Gasteiger partial charge in [-0.3, -0.25) is 0 Å². The third-order valence-corrected chi connectivity index (χ3v) is 15.3. The second kappa shape index (κ2) is 33.1. The molecule has 0 unspecified atom stereocenters. The molecule has 39 heteroatoms. The van der Waals surface area contributed by atoms with Gasteiger partial charge in [-0.1, -0.05) is 146 Å². The van der Waals surface area contributed by atoms with Gasteiger partial charge in [0.1, 0.15) is 40.0 Å². The zero-order chi connectivity index (χ0) is 71.1. The molecule has 0 atom stereocenters. The van der Waals surface area contributed by atoms with E-state index in [2.05, 4.69) is 91.1 Å². The lowest BCUT2D eigenvalue weighted by Gasteiger charge is -2.08. The van der Waals surface area contributed by atoms with Gasteiger partial charge >= 0.3 is 0 Å². The standard InChI is InChI=1S/C10H9Cl2N5.3C10H10ClN5.C9H7Cl2N5.C9H7ClFN5/c1-4-2-5(7(12)6(11)3-4)8-9(13)15-10(14)17-16-8;2*1-5-2-3-7(11)6(4-5)8-9(12)14-10(13)16-15-8;1-5-2-3-6(7(11)4-5)8-9(12)14-10(13)16-15-8;10-5-3-1-2-4(6(5)11)7-8(12)14-9(13)16-15-7;10-4-2-1-3-5(11)6(4)7-8(12)14-9(13)16-15-7/h2-3H,1H3,(H4,13,14,15,17);3*2-4H,1H3,(H4,12,13,14,16);2*1-3H,(H4,12,13,14,16). The molecule has 12 rings (SSSR count). The van der Waals surface area contributed by atoms with E-state index in [1.165, 1.54) is 18.2 Å². The summed E-state index contributed by atoms with van der Waals surface area (Å²) in [6.07, 6.45) is 0. The largest absolute Gasteiger partial charge is 0.382 e. The van der Waals surface area contributed by atoms with Crippen molar-refractivity contribution < 1.29 is 4.39 Å². The topological polar surface area (TPSA) is 544 Å². The van der Waals surface area contributed by atoms with E-state index in [1.54, 1.807) is 36.4 Å². The molecule has 0 aliphatic carbocycles. The highest BCUT2D eigenvalue weighted by Gasteiger charge is 2.19. The molecular formula is C58H53Cl8FN30. The van der Waals surface area contributed by atoms with Crippen LogP contribution in [0.25, 0.3) is 67.5 Å². The molecule has 0 fully saturated rings. The van der Waals surface area contributed by atoms with Crippen LogP contribution in [0.5, 0.6) is 0 Å². The highest BCUT2D eigenvalue weighted by Crippen LogP contribution is 2.38. The number of nitrogens with zero attached hydrogens (tertiary/aromatic N) is 18. The number of rotatable bonds is 6. The fourth-order valence-electron chi connectivity index (χ4n) is 8.01. The van der Waals surface area contributed by atoms with Gasteiger partial charge in [-0.2, -0.15) is 29.9 Å². The summed E-state index contributed by atoms with van der Waals surface area (Å²) in [6.45, 7) is 7.74. The predicted octanol–water partition coefficient (Wildman–Crippen LogP) is 10.8. The summed E-state index contributed by atoms with van der Waals surface area (Å²) in [5, 5.41) is 48.3. The Kier molecular flexibility index (Phi) is 25.1. The molecule has 97 heavy (non-hydrogen) atoms. The molecule has 0 amide bonds. The molecule has 0 saturated carbocycles.